The predicted molar refractivity (Wildman–Crippen MR) is 192 cm³/mol. The molecule has 2 heterocycles. The van der Waals surface area contributed by atoms with Crippen LogP contribution in [0.4, 0.5) is 4.79 Å². The van der Waals surface area contributed by atoms with Crippen LogP contribution in [0.15, 0.2) is 46.3 Å². The Hall–Kier alpha value is -3.88. The highest BCUT2D eigenvalue weighted by atomic mass is 32.2. The van der Waals surface area contributed by atoms with Crippen molar-refractivity contribution in [2.45, 2.75) is 90.2 Å². The van der Waals surface area contributed by atoms with Crippen LogP contribution in [0.3, 0.4) is 0 Å². The molecule has 1 aliphatic heterocycles. The smallest absolute Gasteiger partial charge is 0.407 e. The van der Waals surface area contributed by atoms with Gasteiger partial charge in [-0.15, -0.1) is 11.3 Å². The van der Waals surface area contributed by atoms with Gasteiger partial charge in [0.05, 0.1) is 21.2 Å². The Labute approximate surface area is 292 Å². The summed E-state index contributed by atoms with van der Waals surface area (Å²) in [6, 6.07) is 10.3. The van der Waals surface area contributed by atoms with E-state index >= 15 is 0 Å². The molecule has 3 aromatic rings. The first-order valence-electron chi connectivity index (χ1n) is 16.7. The van der Waals surface area contributed by atoms with Crippen LogP contribution in [0.1, 0.15) is 78.9 Å². The average Bonchev–Trinajstić information content (AvgIpc) is 3.45. The molecule has 5 N–H and O–H groups in total. The fraction of sp³-hybridized carbons (Fsp3) is 0.514. The van der Waals surface area contributed by atoms with Crippen molar-refractivity contribution in [1.29, 1.82) is 0 Å². The molecule has 0 bridgehead atoms. The van der Waals surface area contributed by atoms with E-state index in [2.05, 4.69) is 15.3 Å². The molecule has 1 aliphatic rings. The summed E-state index contributed by atoms with van der Waals surface area (Å²) in [4.78, 5) is 49.4. The maximum absolute atomic E-state index is 13.7. The molecule has 266 valence electrons. The van der Waals surface area contributed by atoms with Crippen LogP contribution in [0.25, 0.3) is 10.2 Å². The maximum atomic E-state index is 13.7. The molecule has 0 aliphatic carbocycles. The molecule has 49 heavy (non-hydrogen) atoms. The van der Waals surface area contributed by atoms with Gasteiger partial charge in [0.15, 0.2) is 22.5 Å². The van der Waals surface area contributed by atoms with E-state index in [4.69, 9.17) is 16.2 Å². The van der Waals surface area contributed by atoms with Gasteiger partial charge in [0.2, 0.25) is 10.0 Å². The number of benzene rings is 2. The second-order valence-electron chi connectivity index (χ2n) is 13.2. The number of aryl methyl sites for hydroxylation is 3. The van der Waals surface area contributed by atoms with Crippen molar-refractivity contribution in [3.8, 4) is 0 Å². The molecular formula is C35H48N6O6S2. The van der Waals surface area contributed by atoms with Gasteiger partial charge in [-0.2, -0.15) is 4.31 Å². The number of aromatic nitrogens is 1. The number of thiazole rings is 1. The third kappa shape index (κ3) is 10.1. The number of ketones is 2. The topological polar surface area (TPSA) is 187 Å². The number of nitrogens with zero attached hydrogens (tertiary/aromatic N) is 3. The number of para-hydroxylation sites is 1. The highest BCUT2D eigenvalue weighted by molar-refractivity contribution is 7.89. The van der Waals surface area contributed by atoms with Crippen molar-refractivity contribution in [2.75, 3.05) is 19.6 Å². The third-order valence-electron chi connectivity index (χ3n) is 8.59. The van der Waals surface area contributed by atoms with Crippen LogP contribution in [0.5, 0.6) is 0 Å². The number of fused-ring (bicyclic) bond motifs is 1. The van der Waals surface area contributed by atoms with Crippen LogP contribution in [-0.4, -0.2) is 73.1 Å². The van der Waals surface area contributed by atoms with E-state index in [9.17, 15) is 22.8 Å². The minimum Gasteiger partial charge on any atom is -0.446 e. The number of aliphatic imine (C=N–C) groups is 1. The van der Waals surface area contributed by atoms with Gasteiger partial charge in [0.25, 0.3) is 0 Å². The molecule has 2 atom stereocenters. The monoisotopic (exact) mass is 712 g/mol. The van der Waals surface area contributed by atoms with E-state index in [1.165, 1.54) is 15.6 Å². The van der Waals surface area contributed by atoms with Gasteiger partial charge in [-0.3, -0.25) is 14.6 Å². The van der Waals surface area contributed by atoms with Gasteiger partial charge in [-0.1, -0.05) is 43.7 Å². The molecular weight excluding hydrogens is 665 g/mol. The normalized spacial score (nSPS) is 15.6. The van der Waals surface area contributed by atoms with Crippen molar-refractivity contribution in [1.82, 2.24) is 14.6 Å². The molecule has 1 amide bonds. The van der Waals surface area contributed by atoms with Crippen LogP contribution in [-0.2, 0) is 19.6 Å². The standard InChI is InChI=1S/C35H48N6O6S2/c1-21(2)17-28(29(42)20-25(9-8-14-38-34(36)37)31(43)33-39-27-10-6-7-11-30(27)48-33)40-35(44)47-26-12-15-41(16-13-26)49(45,46)32-23(4)18-22(3)19-24(32)5/h6-7,10-11,18-19,21,25-26,28H,8-9,12-17,20H2,1-5H3,(H,40,44)(H4,36,37,38)/t25-,28+/m1/s1. The summed E-state index contributed by atoms with van der Waals surface area (Å²) in [6.45, 7) is 10.1. The summed E-state index contributed by atoms with van der Waals surface area (Å²) in [6.07, 6.45) is 0.505. The first kappa shape index (κ1) is 37.9. The van der Waals surface area contributed by atoms with Crippen LogP contribution in [0, 0.1) is 32.6 Å². The van der Waals surface area contributed by atoms with Crippen molar-refractivity contribution in [3.63, 3.8) is 0 Å². The number of hydrogen-bond acceptors (Lipinski definition) is 9. The quantitative estimate of drug-likeness (QED) is 0.0841. The second-order valence-corrected chi connectivity index (χ2v) is 16.1. The summed E-state index contributed by atoms with van der Waals surface area (Å²) >= 11 is 1.29. The molecule has 0 spiro atoms. The number of ether oxygens (including phenoxy) is 1. The summed E-state index contributed by atoms with van der Waals surface area (Å²) in [5, 5.41) is 3.08. The van der Waals surface area contributed by atoms with Crippen molar-refractivity contribution < 1.29 is 27.5 Å². The Morgan fingerprint density at radius 3 is 2.35 bits per heavy atom. The number of carbonyl (C=O) groups is 3. The average molecular weight is 713 g/mol. The third-order valence-corrected chi connectivity index (χ3v) is 11.8. The molecule has 2 aromatic carbocycles. The highest BCUT2D eigenvalue weighted by Gasteiger charge is 2.34. The summed E-state index contributed by atoms with van der Waals surface area (Å²) in [5.41, 5.74) is 14.1. The number of nitrogens with two attached hydrogens (primary N) is 2. The zero-order chi connectivity index (χ0) is 35.9. The molecule has 1 saturated heterocycles. The van der Waals surface area contributed by atoms with Crippen molar-refractivity contribution in [2.24, 2.45) is 28.3 Å². The lowest BCUT2D eigenvalue weighted by molar-refractivity contribution is -0.122. The van der Waals surface area contributed by atoms with Gasteiger partial charge in [-0.05, 0) is 82.1 Å². The lowest BCUT2D eigenvalue weighted by Gasteiger charge is -2.32. The fourth-order valence-corrected chi connectivity index (χ4v) is 9.24. The minimum atomic E-state index is -3.71. The zero-order valence-corrected chi connectivity index (χ0v) is 30.5. The number of nitrogens with one attached hydrogen (secondary N) is 1. The minimum absolute atomic E-state index is 0.0476. The Morgan fingerprint density at radius 1 is 1.08 bits per heavy atom. The molecule has 0 saturated carbocycles. The van der Waals surface area contributed by atoms with E-state index in [1.54, 1.807) is 13.8 Å². The number of alkyl carbamates (subject to hydrolysis) is 1. The number of carbonyl (C=O) groups excluding carboxylic acids is 3. The SMILES string of the molecule is Cc1cc(C)c(S(=O)(=O)N2CCC(OC(=O)N[C@@H](CC(C)C)C(=O)C[C@@H](CCCN=C(N)N)C(=O)c3nc4ccccc4s3)CC2)c(C)c1. The van der Waals surface area contributed by atoms with Gasteiger partial charge < -0.3 is 21.5 Å². The van der Waals surface area contributed by atoms with Crippen LogP contribution in [0.2, 0.25) is 0 Å². The van der Waals surface area contributed by atoms with E-state index in [-0.39, 0.29) is 43.0 Å². The lowest BCUT2D eigenvalue weighted by atomic mass is 9.88. The van der Waals surface area contributed by atoms with E-state index in [0.717, 1.165) is 10.3 Å². The Bertz CT molecular complexity index is 1740. The summed E-state index contributed by atoms with van der Waals surface area (Å²) < 4.78 is 35.0. The van der Waals surface area contributed by atoms with Gasteiger partial charge in [-0.25, -0.2) is 18.2 Å². The number of guanidine groups is 1. The molecule has 0 unspecified atom stereocenters. The van der Waals surface area contributed by atoms with Gasteiger partial charge >= 0.3 is 6.09 Å². The maximum Gasteiger partial charge on any atom is 0.407 e. The van der Waals surface area contributed by atoms with E-state index in [1.807, 2.05) is 57.2 Å². The van der Waals surface area contributed by atoms with E-state index < -0.39 is 34.2 Å². The summed E-state index contributed by atoms with van der Waals surface area (Å²) in [7, 11) is -3.71. The first-order valence-corrected chi connectivity index (χ1v) is 18.9. The molecule has 0 radical (unpaired) electrons. The molecule has 4 rings (SSSR count). The van der Waals surface area contributed by atoms with Crippen molar-refractivity contribution >= 4 is 55.2 Å². The second kappa shape index (κ2) is 16.7. The van der Waals surface area contributed by atoms with Gasteiger partial charge in [0.1, 0.15) is 6.10 Å². The van der Waals surface area contributed by atoms with E-state index in [0.29, 0.717) is 65.2 Å². The largest absolute Gasteiger partial charge is 0.446 e. The molecule has 14 heteroatoms. The number of sulfonamides is 1. The van der Waals surface area contributed by atoms with Gasteiger partial charge in [0, 0.05) is 32.0 Å². The zero-order valence-electron chi connectivity index (χ0n) is 28.9. The fourth-order valence-electron chi connectivity index (χ4n) is 6.37. The first-order chi connectivity index (χ1) is 23.1. The Morgan fingerprint density at radius 2 is 1.73 bits per heavy atom. The number of Topliss-reactive ketones (excluding diaryl/α,β-unsaturated/α-hetero) is 2. The van der Waals surface area contributed by atoms with Crippen LogP contribution < -0.4 is 16.8 Å². The Balaban J connectivity index is 1.40. The summed E-state index contributed by atoms with van der Waals surface area (Å²) in [5.74, 6) is -1.17. The highest BCUT2D eigenvalue weighted by Crippen LogP contribution is 2.29. The van der Waals surface area contributed by atoms with Crippen LogP contribution >= 0.6 is 11.3 Å². The number of piperidine rings is 1. The number of hydrogen-bond donors (Lipinski definition) is 3. The number of amides is 1. The molecule has 1 aromatic heterocycles. The van der Waals surface area contributed by atoms with Crippen molar-refractivity contribution in [3.05, 3.63) is 58.1 Å². The molecule has 12 nitrogen and oxygen atoms in total. The molecule has 1 fully saturated rings. The number of rotatable bonds is 15. The lowest BCUT2D eigenvalue weighted by Crippen LogP contribution is -2.46. The Kier molecular flexibility index (Phi) is 12.9. The predicted octanol–water partition coefficient (Wildman–Crippen LogP) is 5.03.